The lowest BCUT2D eigenvalue weighted by Crippen LogP contribution is -1.96. The number of hydrogen-bond acceptors (Lipinski definition) is 3. The number of fused-ring (bicyclic) bond motifs is 1. The molecule has 0 fully saturated rings. The highest BCUT2D eigenvalue weighted by Crippen LogP contribution is 2.23. The number of hydrogen-bond donors (Lipinski definition) is 0. The third-order valence-corrected chi connectivity index (χ3v) is 3.78. The molecule has 0 saturated heterocycles. The first-order valence-electron chi connectivity index (χ1n) is 6.67. The molecule has 5 heteroatoms. The van der Waals surface area contributed by atoms with E-state index in [2.05, 4.69) is 53.4 Å². The second-order valence-electron chi connectivity index (χ2n) is 4.88. The third-order valence-electron chi connectivity index (χ3n) is 3.58. The fraction of sp³-hybridized carbons (Fsp3) is 0.267. The zero-order valence-electron chi connectivity index (χ0n) is 11.4. The summed E-state index contributed by atoms with van der Waals surface area (Å²) in [7, 11) is 0. The molecule has 2 heterocycles. The Bertz CT molecular complexity index is 733. The van der Waals surface area contributed by atoms with Gasteiger partial charge in [-0.3, -0.25) is 0 Å². The number of rotatable bonds is 3. The van der Waals surface area contributed by atoms with Crippen LogP contribution in [0.25, 0.3) is 17.0 Å². The van der Waals surface area contributed by atoms with Gasteiger partial charge in [-0.2, -0.15) is 9.61 Å². The lowest BCUT2D eigenvalue weighted by atomic mass is 9.97. The van der Waals surface area contributed by atoms with E-state index in [1.165, 1.54) is 5.56 Å². The standard InChI is InChI=1S/C15H15ClN4/c1-3-10(2)11-4-6-12(7-5-11)15-18-17-14-9-8-13(16)19-20(14)15/h4-10H,3H2,1-2H3. The molecule has 4 nitrogen and oxygen atoms in total. The average molecular weight is 287 g/mol. The Hall–Kier alpha value is -1.94. The van der Waals surface area contributed by atoms with Crippen molar-refractivity contribution in [2.24, 2.45) is 0 Å². The van der Waals surface area contributed by atoms with Crippen LogP contribution in [0.2, 0.25) is 5.15 Å². The number of aromatic nitrogens is 4. The molecule has 1 atom stereocenters. The Morgan fingerprint density at radius 2 is 1.85 bits per heavy atom. The van der Waals surface area contributed by atoms with Crippen LogP contribution in [0.3, 0.4) is 0 Å². The molecule has 1 aromatic carbocycles. The minimum Gasteiger partial charge on any atom is -0.191 e. The van der Waals surface area contributed by atoms with E-state index >= 15 is 0 Å². The quantitative estimate of drug-likeness (QED) is 0.732. The highest BCUT2D eigenvalue weighted by Gasteiger charge is 2.10. The van der Waals surface area contributed by atoms with Crippen LogP contribution in [-0.2, 0) is 0 Å². The third kappa shape index (κ3) is 2.27. The summed E-state index contributed by atoms with van der Waals surface area (Å²) in [5.74, 6) is 1.27. The van der Waals surface area contributed by atoms with Crippen molar-refractivity contribution < 1.29 is 0 Å². The lowest BCUT2D eigenvalue weighted by Gasteiger charge is -2.09. The van der Waals surface area contributed by atoms with Gasteiger partial charge < -0.3 is 0 Å². The molecule has 0 aliphatic heterocycles. The van der Waals surface area contributed by atoms with Gasteiger partial charge in [0.25, 0.3) is 0 Å². The maximum absolute atomic E-state index is 5.93. The number of halogens is 1. The summed E-state index contributed by atoms with van der Waals surface area (Å²) in [5, 5.41) is 13.0. The molecule has 20 heavy (non-hydrogen) atoms. The topological polar surface area (TPSA) is 43.1 Å². The van der Waals surface area contributed by atoms with Crippen LogP contribution in [0.5, 0.6) is 0 Å². The fourth-order valence-corrected chi connectivity index (χ4v) is 2.28. The van der Waals surface area contributed by atoms with Crippen molar-refractivity contribution in [3.05, 3.63) is 47.1 Å². The minimum atomic E-state index is 0.426. The van der Waals surface area contributed by atoms with Crippen molar-refractivity contribution in [3.63, 3.8) is 0 Å². The van der Waals surface area contributed by atoms with E-state index in [1.54, 1.807) is 16.6 Å². The van der Waals surface area contributed by atoms with Gasteiger partial charge in [-0.1, -0.05) is 49.7 Å². The van der Waals surface area contributed by atoms with Crippen molar-refractivity contribution in [2.75, 3.05) is 0 Å². The molecule has 0 bridgehead atoms. The first kappa shape index (κ1) is 13.1. The maximum Gasteiger partial charge on any atom is 0.185 e. The Morgan fingerprint density at radius 1 is 1.10 bits per heavy atom. The molecule has 0 aliphatic carbocycles. The van der Waals surface area contributed by atoms with Gasteiger partial charge in [0.15, 0.2) is 11.5 Å². The zero-order chi connectivity index (χ0) is 14.1. The monoisotopic (exact) mass is 286 g/mol. The number of benzene rings is 1. The van der Waals surface area contributed by atoms with E-state index in [4.69, 9.17) is 11.6 Å². The van der Waals surface area contributed by atoms with E-state index in [0.29, 0.717) is 22.5 Å². The molecule has 1 unspecified atom stereocenters. The average Bonchev–Trinajstić information content (AvgIpc) is 2.89. The van der Waals surface area contributed by atoms with Gasteiger partial charge in [-0.25, -0.2) is 0 Å². The zero-order valence-corrected chi connectivity index (χ0v) is 12.2. The van der Waals surface area contributed by atoms with Crippen molar-refractivity contribution in [2.45, 2.75) is 26.2 Å². The van der Waals surface area contributed by atoms with Crippen LogP contribution < -0.4 is 0 Å². The van der Waals surface area contributed by atoms with Crippen molar-refractivity contribution in [1.82, 2.24) is 19.8 Å². The molecular formula is C15H15ClN4. The van der Waals surface area contributed by atoms with E-state index in [0.717, 1.165) is 12.0 Å². The number of nitrogens with zero attached hydrogens (tertiary/aromatic N) is 4. The molecule has 0 radical (unpaired) electrons. The van der Waals surface area contributed by atoms with Crippen molar-refractivity contribution in [3.8, 4) is 11.4 Å². The Morgan fingerprint density at radius 3 is 2.55 bits per heavy atom. The summed E-state index contributed by atoms with van der Waals surface area (Å²) in [6.45, 7) is 4.42. The molecule has 0 spiro atoms. The van der Waals surface area contributed by atoms with Gasteiger partial charge in [0.2, 0.25) is 0 Å². The van der Waals surface area contributed by atoms with Crippen LogP contribution in [-0.4, -0.2) is 19.8 Å². The first-order chi connectivity index (χ1) is 9.69. The molecule has 0 amide bonds. The SMILES string of the molecule is CCC(C)c1ccc(-c2nnc3ccc(Cl)nn23)cc1. The summed E-state index contributed by atoms with van der Waals surface area (Å²) >= 11 is 5.93. The van der Waals surface area contributed by atoms with Crippen LogP contribution >= 0.6 is 11.6 Å². The van der Waals surface area contributed by atoms with Crippen LogP contribution in [0.15, 0.2) is 36.4 Å². The van der Waals surface area contributed by atoms with Gasteiger partial charge in [-0.05, 0) is 30.0 Å². The summed E-state index contributed by atoms with van der Waals surface area (Å²) < 4.78 is 1.67. The van der Waals surface area contributed by atoms with Gasteiger partial charge in [0.1, 0.15) is 5.15 Å². The molecule has 0 aliphatic rings. The second-order valence-corrected chi connectivity index (χ2v) is 5.27. The van der Waals surface area contributed by atoms with Crippen LogP contribution in [0, 0.1) is 0 Å². The Kier molecular flexibility index (Phi) is 3.40. The van der Waals surface area contributed by atoms with E-state index in [9.17, 15) is 0 Å². The van der Waals surface area contributed by atoms with Crippen molar-refractivity contribution in [1.29, 1.82) is 0 Å². The smallest absolute Gasteiger partial charge is 0.185 e. The van der Waals surface area contributed by atoms with Gasteiger partial charge in [0, 0.05) is 5.56 Å². The van der Waals surface area contributed by atoms with E-state index < -0.39 is 0 Å². The molecule has 3 rings (SSSR count). The van der Waals surface area contributed by atoms with Gasteiger partial charge >= 0.3 is 0 Å². The van der Waals surface area contributed by atoms with E-state index in [-0.39, 0.29) is 0 Å². The molecule has 3 aromatic rings. The van der Waals surface area contributed by atoms with Gasteiger partial charge in [0.05, 0.1) is 0 Å². The molecule has 102 valence electrons. The maximum atomic E-state index is 5.93. The normalized spacial score (nSPS) is 12.8. The molecule has 2 aromatic heterocycles. The van der Waals surface area contributed by atoms with Crippen LogP contribution in [0.4, 0.5) is 0 Å². The molecule has 0 N–H and O–H groups in total. The van der Waals surface area contributed by atoms with E-state index in [1.807, 2.05) is 0 Å². The predicted molar refractivity (Wildman–Crippen MR) is 79.9 cm³/mol. The second kappa shape index (κ2) is 5.21. The van der Waals surface area contributed by atoms with Crippen LogP contribution in [0.1, 0.15) is 31.7 Å². The largest absolute Gasteiger partial charge is 0.191 e. The highest BCUT2D eigenvalue weighted by atomic mass is 35.5. The summed E-state index contributed by atoms with van der Waals surface area (Å²) in [4.78, 5) is 0. The van der Waals surface area contributed by atoms with Crippen molar-refractivity contribution >= 4 is 17.2 Å². The van der Waals surface area contributed by atoms with Gasteiger partial charge in [-0.15, -0.1) is 10.2 Å². The first-order valence-corrected chi connectivity index (χ1v) is 7.05. The lowest BCUT2D eigenvalue weighted by molar-refractivity contribution is 0.733. The summed E-state index contributed by atoms with van der Waals surface area (Å²) in [6.07, 6.45) is 1.13. The minimum absolute atomic E-state index is 0.426. The Labute approximate surface area is 122 Å². The summed E-state index contributed by atoms with van der Waals surface area (Å²) in [5.41, 5.74) is 3.01. The Balaban J connectivity index is 2.04. The molecular weight excluding hydrogens is 272 g/mol. The molecule has 0 saturated carbocycles. The highest BCUT2D eigenvalue weighted by molar-refractivity contribution is 6.29. The predicted octanol–water partition coefficient (Wildman–Crippen LogP) is 3.96. The fourth-order valence-electron chi connectivity index (χ4n) is 2.14. The summed E-state index contributed by atoms with van der Waals surface area (Å²) in [6, 6.07) is 11.9.